The van der Waals surface area contributed by atoms with Crippen LogP contribution in [0.3, 0.4) is 0 Å². The molecule has 31 heavy (non-hydrogen) atoms. The number of hydrogen-bond acceptors (Lipinski definition) is 5. The number of nitrogens with one attached hydrogen (secondary N) is 1. The van der Waals surface area contributed by atoms with E-state index in [1.807, 2.05) is 6.92 Å². The normalized spacial score (nSPS) is 15.1. The molecule has 0 saturated carbocycles. The number of hydrogen-bond donors (Lipinski definition) is 1. The molecule has 2 aromatic carbocycles. The quantitative estimate of drug-likeness (QED) is 0.221. The molecular weight excluding hydrogens is 548 g/mol. The summed E-state index contributed by atoms with van der Waals surface area (Å²) in [6, 6.07) is 10.5. The van der Waals surface area contributed by atoms with E-state index in [2.05, 4.69) is 43.8 Å². The summed E-state index contributed by atoms with van der Waals surface area (Å²) in [6.45, 7) is 6.33. The van der Waals surface area contributed by atoms with E-state index in [4.69, 9.17) is 21.7 Å². The van der Waals surface area contributed by atoms with Gasteiger partial charge in [0.1, 0.15) is 23.7 Å². The summed E-state index contributed by atoms with van der Waals surface area (Å²) in [6.07, 6.45) is 3.14. The Labute approximate surface area is 202 Å². The van der Waals surface area contributed by atoms with Crippen molar-refractivity contribution in [1.82, 2.24) is 5.32 Å². The van der Waals surface area contributed by atoms with Gasteiger partial charge < -0.3 is 9.47 Å². The van der Waals surface area contributed by atoms with Crippen molar-refractivity contribution in [2.24, 2.45) is 0 Å². The number of thiocarbonyl (C=S) groups is 1. The van der Waals surface area contributed by atoms with Gasteiger partial charge in [-0.1, -0.05) is 18.7 Å². The number of halogens is 2. The van der Waals surface area contributed by atoms with Gasteiger partial charge in [-0.25, -0.2) is 0 Å². The number of rotatable bonds is 7. The van der Waals surface area contributed by atoms with E-state index in [-0.39, 0.29) is 10.7 Å². The Kier molecular flexibility index (Phi) is 7.64. The lowest BCUT2D eigenvalue weighted by molar-refractivity contribution is -0.122. The van der Waals surface area contributed by atoms with Crippen molar-refractivity contribution < 1.29 is 19.1 Å². The van der Waals surface area contributed by atoms with Gasteiger partial charge >= 0.3 is 0 Å². The molecule has 160 valence electrons. The van der Waals surface area contributed by atoms with Crippen LogP contribution in [-0.4, -0.2) is 30.1 Å². The number of anilines is 1. The molecule has 2 amide bonds. The zero-order valence-electron chi connectivity index (χ0n) is 16.5. The zero-order valence-corrected chi connectivity index (χ0v) is 20.5. The molecule has 2 aromatic rings. The molecule has 0 unspecified atom stereocenters. The van der Waals surface area contributed by atoms with Gasteiger partial charge in [0.15, 0.2) is 5.11 Å². The maximum absolute atomic E-state index is 13.2. The fourth-order valence-corrected chi connectivity index (χ4v) is 4.61. The highest BCUT2D eigenvalue weighted by atomic mass is 79.9. The van der Waals surface area contributed by atoms with E-state index < -0.39 is 11.8 Å². The topological polar surface area (TPSA) is 67.9 Å². The minimum Gasteiger partial charge on any atom is -0.494 e. The number of benzene rings is 2. The monoisotopic (exact) mass is 564 g/mol. The summed E-state index contributed by atoms with van der Waals surface area (Å²) in [7, 11) is 0. The minimum absolute atomic E-state index is 0.0105. The number of amides is 2. The first-order valence-electron chi connectivity index (χ1n) is 9.22. The molecule has 1 aliphatic heterocycles. The Morgan fingerprint density at radius 2 is 1.87 bits per heavy atom. The van der Waals surface area contributed by atoms with Gasteiger partial charge in [0.2, 0.25) is 0 Å². The van der Waals surface area contributed by atoms with Crippen molar-refractivity contribution in [2.75, 3.05) is 18.1 Å². The Bertz CT molecular complexity index is 1080. The van der Waals surface area contributed by atoms with Crippen molar-refractivity contribution in [3.8, 4) is 11.5 Å². The van der Waals surface area contributed by atoms with Crippen molar-refractivity contribution in [2.45, 2.75) is 6.92 Å². The van der Waals surface area contributed by atoms with Crippen LogP contribution in [0.15, 0.2) is 63.6 Å². The molecule has 9 heteroatoms. The molecule has 0 aromatic heterocycles. The second kappa shape index (κ2) is 10.2. The summed E-state index contributed by atoms with van der Waals surface area (Å²) in [5.41, 5.74) is 1.08. The van der Waals surface area contributed by atoms with Crippen LogP contribution in [0, 0.1) is 0 Å². The van der Waals surface area contributed by atoms with Crippen LogP contribution in [0.25, 0.3) is 6.08 Å². The summed E-state index contributed by atoms with van der Waals surface area (Å²) in [5, 5.41) is 2.59. The third-order valence-electron chi connectivity index (χ3n) is 4.17. The van der Waals surface area contributed by atoms with Crippen molar-refractivity contribution >= 4 is 72.8 Å². The maximum Gasteiger partial charge on any atom is 0.270 e. The summed E-state index contributed by atoms with van der Waals surface area (Å²) in [4.78, 5) is 27.0. The van der Waals surface area contributed by atoms with Gasteiger partial charge in [-0.05, 0) is 86.9 Å². The van der Waals surface area contributed by atoms with Gasteiger partial charge in [-0.3, -0.25) is 19.8 Å². The molecule has 0 atom stereocenters. The molecular formula is C22H18Br2N2O4S. The third kappa shape index (κ3) is 5.23. The van der Waals surface area contributed by atoms with E-state index in [0.717, 1.165) is 0 Å². The third-order valence-corrected chi connectivity index (χ3v) is 5.63. The van der Waals surface area contributed by atoms with Crippen LogP contribution in [0.5, 0.6) is 11.5 Å². The summed E-state index contributed by atoms with van der Waals surface area (Å²) < 4.78 is 12.4. The van der Waals surface area contributed by atoms with E-state index in [1.165, 1.54) is 11.0 Å². The van der Waals surface area contributed by atoms with E-state index in [1.54, 1.807) is 42.5 Å². The van der Waals surface area contributed by atoms with Gasteiger partial charge in [0.25, 0.3) is 11.8 Å². The molecule has 0 aliphatic carbocycles. The van der Waals surface area contributed by atoms with Crippen molar-refractivity contribution in [3.05, 3.63) is 69.1 Å². The average Bonchev–Trinajstić information content (AvgIpc) is 2.71. The predicted octanol–water partition coefficient (Wildman–Crippen LogP) is 5.01. The molecule has 1 saturated heterocycles. The Morgan fingerprint density at radius 1 is 1.16 bits per heavy atom. The minimum atomic E-state index is -0.563. The SMILES string of the molecule is C=CCOc1c(Br)cc(/C=C2/C(=O)NC(=S)N(c3cccc(OCC)c3)C2=O)cc1Br. The first-order valence-corrected chi connectivity index (χ1v) is 11.2. The highest BCUT2D eigenvalue weighted by molar-refractivity contribution is 9.11. The van der Waals surface area contributed by atoms with Crippen LogP contribution in [0.4, 0.5) is 5.69 Å². The Morgan fingerprint density at radius 3 is 2.52 bits per heavy atom. The first kappa shape index (κ1) is 23.2. The smallest absolute Gasteiger partial charge is 0.270 e. The molecule has 1 fully saturated rings. The molecule has 1 N–H and O–H groups in total. The van der Waals surface area contributed by atoms with Crippen LogP contribution in [0.2, 0.25) is 0 Å². The molecule has 1 aliphatic rings. The Balaban J connectivity index is 1.97. The summed E-state index contributed by atoms with van der Waals surface area (Å²) in [5.74, 6) is 0.103. The molecule has 3 rings (SSSR count). The lowest BCUT2D eigenvalue weighted by Gasteiger charge is -2.29. The first-order chi connectivity index (χ1) is 14.8. The second-order valence-corrected chi connectivity index (χ2v) is 8.40. The summed E-state index contributed by atoms with van der Waals surface area (Å²) >= 11 is 12.2. The average molecular weight is 566 g/mol. The van der Waals surface area contributed by atoms with Crippen molar-refractivity contribution in [1.29, 1.82) is 0 Å². The standard InChI is InChI=1S/C22H18Br2N2O4S/c1-3-8-30-19-17(23)10-13(11-18(19)24)9-16-20(27)25-22(31)26(21(16)28)14-6-5-7-15(12-14)29-4-2/h3,5-7,9-12H,1,4,8H2,2H3,(H,25,27,31)/b16-9-. The van der Waals surface area contributed by atoms with Crippen LogP contribution < -0.4 is 19.7 Å². The number of nitrogens with zero attached hydrogens (tertiary/aromatic N) is 1. The van der Waals surface area contributed by atoms with Gasteiger partial charge in [0.05, 0.1) is 21.2 Å². The molecule has 0 radical (unpaired) electrons. The fourth-order valence-electron chi connectivity index (χ4n) is 2.88. The number of ether oxygens (including phenoxy) is 2. The van der Waals surface area contributed by atoms with Crippen LogP contribution >= 0.6 is 44.1 Å². The zero-order chi connectivity index (χ0) is 22.5. The van der Waals surface area contributed by atoms with Crippen LogP contribution in [-0.2, 0) is 9.59 Å². The molecule has 6 nitrogen and oxygen atoms in total. The second-order valence-electron chi connectivity index (χ2n) is 6.30. The van der Waals surface area contributed by atoms with E-state index in [9.17, 15) is 9.59 Å². The number of carbonyl (C=O) groups excluding carboxylic acids is 2. The van der Waals surface area contributed by atoms with Gasteiger partial charge in [-0.2, -0.15) is 0 Å². The predicted molar refractivity (Wildman–Crippen MR) is 131 cm³/mol. The highest BCUT2D eigenvalue weighted by Crippen LogP contribution is 2.36. The van der Waals surface area contributed by atoms with E-state index >= 15 is 0 Å². The maximum atomic E-state index is 13.2. The van der Waals surface area contributed by atoms with E-state index in [0.29, 0.717) is 44.9 Å². The lowest BCUT2D eigenvalue weighted by atomic mass is 10.1. The largest absolute Gasteiger partial charge is 0.494 e. The van der Waals surface area contributed by atoms with Gasteiger partial charge in [-0.15, -0.1) is 0 Å². The van der Waals surface area contributed by atoms with Crippen molar-refractivity contribution in [3.63, 3.8) is 0 Å². The highest BCUT2D eigenvalue weighted by Gasteiger charge is 2.34. The molecule has 0 bridgehead atoms. The number of carbonyl (C=O) groups is 2. The molecule has 0 spiro atoms. The van der Waals surface area contributed by atoms with Gasteiger partial charge in [0, 0.05) is 6.07 Å². The Hall–Kier alpha value is -2.49. The fraction of sp³-hybridized carbons (Fsp3) is 0.136. The lowest BCUT2D eigenvalue weighted by Crippen LogP contribution is -2.54. The molecule has 1 heterocycles. The van der Waals surface area contributed by atoms with Crippen LogP contribution in [0.1, 0.15) is 12.5 Å².